The number of hydrogen-bond donors (Lipinski definition) is 2. The van der Waals surface area contributed by atoms with Crippen LogP contribution in [0.4, 0.5) is 10.1 Å². The zero-order valence-corrected chi connectivity index (χ0v) is 12.9. The highest BCUT2D eigenvalue weighted by molar-refractivity contribution is 9.10. The van der Waals surface area contributed by atoms with Crippen LogP contribution < -0.4 is 10.5 Å². The molecule has 0 fully saturated rings. The quantitative estimate of drug-likeness (QED) is 0.813. The van der Waals surface area contributed by atoms with Gasteiger partial charge >= 0.3 is 0 Å². The van der Waals surface area contributed by atoms with Gasteiger partial charge in [-0.2, -0.15) is 5.10 Å². The number of halogens is 2. The van der Waals surface area contributed by atoms with Gasteiger partial charge in [-0.05, 0) is 34.1 Å². The normalized spacial score (nSPS) is 11.3. The number of amides is 1. The summed E-state index contributed by atoms with van der Waals surface area (Å²) < 4.78 is 41.1. The van der Waals surface area contributed by atoms with E-state index in [4.69, 9.17) is 5.73 Å². The highest BCUT2D eigenvalue weighted by Crippen LogP contribution is 2.21. The molecule has 1 amide bonds. The van der Waals surface area contributed by atoms with E-state index in [1.165, 1.54) is 29.2 Å². The Balaban J connectivity index is 2.22. The summed E-state index contributed by atoms with van der Waals surface area (Å²) in [6.07, 6.45) is 2.52. The molecule has 0 bridgehead atoms. The lowest BCUT2D eigenvalue weighted by atomic mass is 10.3. The second-order valence-corrected chi connectivity index (χ2v) is 6.61. The third kappa shape index (κ3) is 3.79. The van der Waals surface area contributed by atoms with Crippen LogP contribution in [-0.2, 0) is 21.4 Å². The largest absolute Gasteiger partial charge is 0.368 e. The second kappa shape index (κ2) is 5.82. The van der Waals surface area contributed by atoms with Crippen LogP contribution in [0, 0.1) is 5.82 Å². The van der Waals surface area contributed by atoms with Gasteiger partial charge in [0.05, 0.1) is 21.3 Å². The minimum absolute atomic E-state index is 0.138. The molecule has 0 saturated heterocycles. The van der Waals surface area contributed by atoms with Crippen LogP contribution in [0.2, 0.25) is 0 Å². The van der Waals surface area contributed by atoms with E-state index in [0.29, 0.717) is 0 Å². The molecule has 0 unspecified atom stereocenters. The van der Waals surface area contributed by atoms with E-state index in [-0.39, 0.29) is 21.6 Å². The molecule has 21 heavy (non-hydrogen) atoms. The molecule has 0 spiro atoms. The van der Waals surface area contributed by atoms with E-state index in [0.717, 1.165) is 6.07 Å². The van der Waals surface area contributed by atoms with E-state index in [2.05, 4.69) is 25.8 Å². The lowest BCUT2D eigenvalue weighted by molar-refractivity contribution is -0.118. The molecule has 0 aliphatic carbocycles. The molecule has 2 rings (SSSR count). The van der Waals surface area contributed by atoms with Gasteiger partial charge in [-0.3, -0.25) is 14.2 Å². The average Bonchev–Trinajstić information content (AvgIpc) is 2.78. The second-order valence-electron chi connectivity index (χ2n) is 4.07. The Labute approximate surface area is 128 Å². The number of sulfonamides is 1. The summed E-state index contributed by atoms with van der Waals surface area (Å²) in [5.74, 6) is -1.30. The molecule has 10 heteroatoms. The number of nitrogens with one attached hydrogen (secondary N) is 1. The SMILES string of the molecule is NC(=O)Cn1cc(NS(=O)(=O)c2ccc(Br)c(F)c2)cn1. The van der Waals surface area contributed by atoms with Crippen molar-refractivity contribution >= 4 is 37.5 Å². The smallest absolute Gasteiger partial charge is 0.262 e. The number of primary amides is 1. The molecule has 0 saturated carbocycles. The number of benzene rings is 1. The molecule has 0 aliphatic rings. The van der Waals surface area contributed by atoms with Gasteiger partial charge in [0, 0.05) is 6.20 Å². The first-order chi connectivity index (χ1) is 9.78. The Hall–Kier alpha value is -1.94. The van der Waals surface area contributed by atoms with Crippen molar-refractivity contribution in [1.29, 1.82) is 0 Å². The van der Waals surface area contributed by atoms with Crippen LogP contribution >= 0.6 is 15.9 Å². The van der Waals surface area contributed by atoms with Crippen molar-refractivity contribution in [2.24, 2.45) is 5.73 Å². The lowest BCUT2D eigenvalue weighted by Crippen LogP contribution is -2.18. The van der Waals surface area contributed by atoms with E-state index >= 15 is 0 Å². The van der Waals surface area contributed by atoms with Gasteiger partial charge < -0.3 is 5.73 Å². The number of carbonyl (C=O) groups excluding carboxylic acids is 1. The molecule has 0 aliphatic heterocycles. The summed E-state index contributed by atoms with van der Waals surface area (Å²) in [5.41, 5.74) is 5.14. The van der Waals surface area contributed by atoms with Crippen LogP contribution in [0.25, 0.3) is 0 Å². The third-order valence-electron chi connectivity index (χ3n) is 2.40. The maximum Gasteiger partial charge on any atom is 0.262 e. The molecule has 1 aromatic carbocycles. The van der Waals surface area contributed by atoms with Crippen molar-refractivity contribution in [1.82, 2.24) is 9.78 Å². The van der Waals surface area contributed by atoms with Gasteiger partial charge in [0.1, 0.15) is 12.4 Å². The predicted octanol–water partition coefficient (Wildman–Crippen LogP) is 1.07. The molecule has 1 heterocycles. The van der Waals surface area contributed by atoms with Crippen LogP contribution in [0.5, 0.6) is 0 Å². The standard InChI is InChI=1S/C11H10BrFN4O3S/c12-9-2-1-8(3-10(9)13)21(19,20)16-7-4-15-17(5-7)6-11(14)18/h1-5,16H,6H2,(H2,14,18). The first-order valence-electron chi connectivity index (χ1n) is 5.56. The summed E-state index contributed by atoms with van der Waals surface area (Å²) in [6, 6.07) is 3.43. The van der Waals surface area contributed by atoms with Crippen molar-refractivity contribution in [2.45, 2.75) is 11.4 Å². The minimum atomic E-state index is -3.95. The summed E-state index contributed by atoms with van der Waals surface area (Å²) in [5, 5.41) is 3.77. The lowest BCUT2D eigenvalue weighted by Gasteiger charge is -2.06. The van der Waals surface area contributed by atoms with Gasteiger partial charge in [-0.15, -0.1) is 0 Å². The number of carbonyl (C=O) groups is 1. The van der Waals surface area contributed by atoms with Gasteiger partial charge in [0.25, 0.3) is 10.0 Å². The number of rotatable bonds is 5. The highest BCUT2D eigenvalue weighted by Gasteiger charge is 2.17. The molecule has 3 N–H and O–H groups in total. The van der Waals surface area contributed by atoms with E-state index < -0.39 is 21.7 Å². The van der Waals surface area contributed by atoms with E-state index in [9.17, 15) is 17.6 Å². The first kappa shape index (κ1) is 15.4. The van der Waals surface area contributed by atoms with Crippen molar-refractivity contribution in [3.8, 4) is 0 Å². The number of hydrogen-bond acceptors (Lipinski definition) is 4. The van der Waals surface area contributed by atoms with Crippen LogP contribution in [0.1, 0.15) is 0 Å². The summed E-state index contributed by atoms with van der Waals surface area (Å²) in [7, 11) is -3.95. The molecular weight excluding hydrogens is 367 g/mol. The molecule has 0 atom stereocenters. The number of nitrogens with two attached hydrogens (primary N) is 1. The van der Waals surface area contributed by atoms with Gasteiger partial charge in [-0.25, -0.2) is 12.8 Å². The monoisotopic (exact) mass is 376 g/mol. The van der Waals surface area contributed by atoms with Crippen molar-refractivity contribution in [2.75, 3.05) is 4.72 Å². The zero-order valence-electron chi connectivity index (χ0n) is 10.5. The Morgan fingerprint density at radius 1 is 1.48 bits per heavy atom. The Kier molecular flexibility index (Phi) is 4.28. The molecule has 112 valence electrons. The molecule has 2 aromatic rings. The van der Waals surface area contributed by atoms with E-state index in [1.807, 2.05) is 0 Å². The molecule has 1 aromatic heterocycles. The topological polar surface area (TPSA) is 107 Å². The van der Waals surface area contributed by atoms with Crippen molar-refractivity contribution in [3.05, 3.63) is 40.9 Å². The van der Waals surface area contributed by atoms with Crippen LogP contribution in [0.3, 0.4) is 0 Å². The predicted molar refractivity (Wildman–Crippen MR) is 76.3 cm³/mol. The Morgan fingerprint density at radius 3 is 2.81 bits per heavy atom. The average molecular weight is 377 g/mol. The highest BCUT2D eigenvalue weighted by atomic mass is 79.9. The number of aromatic nitrogens is 2. The minimum Gasteiger partial charge on any atom is -0.368 e. The summed E-state index contributed by atoms with van der Waals surface area (Å²) in [4.78, 5) is 10.5. The fourth-order valence-electron chi connectivity index (χ4n) is 1.52. The molecule has 0 radical (unpaired) electrons. The van der Waals surface area contributed by atoms with Gasteiger partial charge in [0.15, 0.2) is 0 Å². The molecule has 7 nitrogen and oxygen atoms in total. The fraction of sp³-hybridized carbons (Fsp3) is 0.0909. The maximum absolute atomic E-state index is 13.4. The third-order valence-corrected chi connectivity index (χ3v) is 4.43. The van der Waals surface area contributed by atoms with Gasteiger partial charge in [0.2, 0.25) is 5.91 Å². The maximum atomic E-state index is 13.4. The first-order valence-corrected chi connectivity index (χ1v) is 7.84. The molecular formula is C11H10BrFN4O3S. The number of anilines is 1. The van der Waals surface area contributed by atoms with Crippen molar-refractivity contribution in [3.63, 3.8) is 0 Å². The fourth-order valence-corrected chi connectivity index (χ4v) is 2.81. The van der Waals surface area contributed by atoms with E-state index in [1.54, 1.807) is 0 Å². The number of nitrogens with zero attached hydrogens (tertiary/aromatic N) is 2. The summed E-state index contributed by atoms with van der Waals surface area (Å²) >= 11 is 2.94. The van der Waals surface area contributed by atoms with Crippen molar-refractivity contribution < 1.29 is 17.6 Å². The van der Waals surface area contributed by atoms with Crippen LogP contribution in [0.15, 0.2) is 40.0 Å². The Bertz CT molecular complexity index is 791. The summed E-state index contributed by atoms with van der Waals surface area (Å²) in [6.45, 7) is -0.172. The van der Waals surface area contributed by atoms with Gasteiger partial charge in [-0.1, -0.05) is 0 Å². The Morgan fingerprint density at radius 2 is 2.19 bits per heavy atom. The zero-order chi connectivity index (χ0) is 15.6. The van der Waals surface area contributed by atoms with Crippen LogP contribution in [-0.4, -0.2) is 24.1 Å².